The van der Waals surface area contributed by atoms with E-state index >= 15 is 0 Å². The quantitative estimate of drug-likeness (QED) is 0.917. The van der Waals surface area contributed by atoms with Gasteiger partial charge in [-0.3, -0.25) is 14.6 Å². The van der Waals surface area contributed by atoms with Crippen LogP contribution in [0.15, 0.2) is 30.6 Å². The Morgan fingerprint density at radius 1 is 1.28 bits per heavy atom. The minimum Gasteiger partial charge on any atom is -0.351 e. The fourth-order valence-corrected chi connectivity index (χ4v) is 3.03. The molecule has 1 aliphatic heterocycles. The maximum absolute atomic E-state index is 12.9. The number of carbonyl (C=O) groups is 2. The highest BCUT2D eigenvalue weighted by Gasteiger charge is 2.33. The highest BCUT2D eigenvalue weighted by molar-refractivity contribution is 5.95. The molecule has 0 saturated carbocycles. The van der Waals surface area contributed by atoms with E-state index in [4.69, 9.17) is 0 Å². The molecular weight excluding hydrogens is 318 g/mol. The lowest BCUT2D eigenvalue weighted by Crippen LogP contribution is -2.32. The first kappa shape index (κ1) is 17.0. The van der Waals surface area contributed by atoms with Crippen LogP contribution < -0.4 is 5.32 Å². The Balaban J connectivity index is 1.82. The number of aryl methyl sites for hydroxylation is 1. The Morgan fingerprint density at radius 3 is 2.88 bits per heavy atom. The number of amides is 2. The monoisotopic (exact) mass is 339 g/mol. The zero-order valence-electron chi connectivity index (χ0n) is 14.4. The summed E-state index contributed by atoms with van der Waals surface area (Å²) in [5.41, 5.74) is 2.07. The van der Waals surface area contributed by atoms with Crippen molar-refractivity contribution in [1.82, 2.24) is 25.2 Å². The number of likely N-dealkylation sites (tertiary alicyclic amines) is 1. The van der Waals surface area contributed by atoms with Gasteiger partial charge in [0.25, 0.3) is 5.91 Å². The molecule has 7 heteroatoms. The smallest absolute Gasteiger partial charge is 0.256 e. The SMILES string of the molecule is CC(=O)NCc1ccnc([C@@H]2CCCN2C(=O)c2cccnc2C)n1. The normalized spacial score (nSPS) is 16.7. The predicted octanol–water partition coefficient (Wildman–Crippen LogP) is 1.79. The van der Waals surface area contributed by atoms with Crippen molar-refractivity contribution in [3.63, 3.8) is 0 Å². The van der Waals surface area contributed by atoms with Gasteiger partial charge in [0.1, 0.15) is 0 Å². The van der Waals surface area contributed by atoms with Gasteiger partial charge in [0.05, 0.1) is 23.8 Å². The lowest BCUT2D eigenvalue weighted by atomic mass is 10.1. The van der Waals surface area contributed by atoms with Gasteiger partial charge in [-0.15, -0.1) is 0 Å². The van der Waals surface area contributed by atoms with Crippen LogP contribution >= 0.6 is 0 Å². The maximum Gasteiger partial charge on any atom is 0.256 e. The first-order valence-electron chi connectivity index (χ1n) is 8.35. The van der Waals surface area contributed by atoms with Gasteiger partial charge in [0, 0.05) is 31.6 Å². The van der Waals surface area contributed by atoms with Crippen LogP contribution in [0, 0.1) is 6.92 Å². The summed E-state index contributed by atoms with van der Waals surface area (Å²) in [5, 5.41) is 2.73. The van der Waals surface area contributed by atoms with Crippen LogP contribution in [0.2, 0.25) is 0 Å². The lowest BCUT2D eigenvalue weighted by molar-refractivity contribution is -0.119. The number of hydrogen-bond donors (Lipinski definition) is 1. The summed E-state index contributed by atoms with van der Waals surface area (Å²) in [6.45, 7) is 4.34. The van der Waals surface area contributed by atoms with Gasteiger partial charge in [0.15, 0.2) is 5.82 Å². The number of rotatable bonds is 4. The molecule has 2 aromatic rings. The van der Waals surface area contributed by atoms with Crippen LogP contribution in [0.4, 0.5) is 0 Å². The molecule has 7 nitrogen and oxygen atoms in total. The third-order valence-electron chi connectivity index (χ3n) is 4.30. The highest BCUT2D eigenvalue weighted by Crippen LogP contribution is 2.31. The van der Waals surface area contributed by atoms with Crippen LogP contribution in [-0.2, 0) is 11.3 Å². The fourth-order valence-electron chi connectivity index (χ4n) is 3.03. The highest BCUT2D eigenvalue weighted by atomic mass is 16.2. The van der Waals surface area contributed by atoms with E-state index in [0.29, 0.717) is 24.5 Å². The zero-order chi connectivity index (χ0) is 17.8. The maximum atomic E-state index is 12.9. The molecule has 25 heavy (non-hydrogen) atoms. The van der Waals surface area contributed by atoms with Crippen molar-refractivity contribution >= 4 is 11.8 Å². The van der Waals surface area contributed by atoms with Gasteiger partial charge in [-0.2, -0.15) is 0 Å². The van der Waals surface area contributed by atoms with E-state index in [1.54, 1.807) is 30.6 Å². The Morgan fingerprint density at radius 2 is 2.12 bits per heavy atom. The van der Waals surface area contributed by atoms with Gasteiger partial charge in [-0.1, -0.05) is 0 Å². The summed E-state index contributed by atoms with van der Waals surface area (Å²) in [5.74, 6) is 0.476. The average Bonchev–Trinajstić information content (AvgIpc) is 3.10. The Labute approximate surface area is 146 Å². The van der Waals surface area contributed by atoms with Crippen LogP contribution in [-0.4, -0.2) is 38.2 Å². The van der Waals surface area contributed by atoms with E-state index in [9.17, 15) is 9.59 Å². The minimum absolute atomic E-state index is 0.0380. The summed E-state index contributed by atoms with van der Waals surface area (Å²) >= 11 is 0. The second-order valence-electron chi connectivity index (χ2n) is 6.11. The molecule has 1 atom stereocenters. The van der Waals surface area contributed by atoms with Crippen molar-refractivity contribution in [2.75, 3.05) is 6.54 Å². The van der Waals surface area contributed by atoms with Crippen molar-refractivity contribution in [3.8, 4) is 0 Å². The van der Waals surface area contributed by atoms with Gasteiger partial charge >= 0.3 is 0 Å². The van der Waals surface area contributed by atoms with Crippen LogP contribution in [0.3, 0.4) is 0 Å². The number of nitrogens with one attached hydrogen (secondary N) is 1. The molecule has 0 aliphatic carbocycles. The van der Waals surface area contributed by atoms with E-state index in [1.807, 2.05) is 11.8 Å². The van der Waals surface area contributed by atoms with Gasteiger partial charge in [0.2, 0.25) is 5.91 Å². The average molecular weight is 339 g/mol. The van der Waals surface area contributed by atoms with Crippen LogP contribution in [0.25, 0.3) is 0 Å². The lowest BCUT2D eigenvalue weighted by Gasteiger charge is -2.24. The molecular formula is C18H21N5O2. The van der Waals surface area contributed by atoms with E-state index in [-0.39, 0.29) is 17.9 Å². The molecule has 2 aromatic heterocycles. The summed E-state index contributed by atoms with van der Waals surface area (Å²) in [6.07, 6.45) is 5.10. The largest absolute Gasteiger partial charge is 0.351 e. The number of carbonyl (C=O) groups excluding carboxylic acids is 2. The molecule has 1 N–H and O–H groups in total. The predicted molar refractivity (Wildman–Crippen MR) is 91.5 cm³/mol. The minimum atomic E-state index is -0.149. The summed E-state index contributed by atoms with van der Waals surface area (Å²) in [6, 6.07) is 5.19. The molecule has 0 spiro atoms. The second kappa shape index (κ2) is 7.38. The number of nitrogens with zero attached hydrogens (tertiary/aromatic N) is 4. The summed E-state index contributed by atoms with van der Waals surface area (Å²) in [4.78, 5) is 38.9. The third kappa shape index (κ3) is 3.81. The number of pyridine rings is 1. The zero-order valence-corrected chi connectivity index (χ0v) is 14.4. The van der Waals surface area contributed by atoms with Crippen molar-refractivity contribution in [3.05, 3.63) is 53.4 Å². The number of aromatic nitrogens is 3. The Kier molecular flexibility index (Phi) is 5.02. The standard InChI is InChI=1S/C18H21N5O2/c1-12-15(5-3-8-19-12)18(25)23-10-4-6-16(23)17-20-9-7-14(22-17)11-21-13(2)24/h3,5,7-9,16H,4,6,10-11H2,1-2H3,(H,21,24)/t16-/m0/s1. The molecule has 0 unspecified atom stereocenters. The first-order valence-corrected chi connectivity index (χ1v) is 8.35. The summed E-state index contributed by atoms with van der Waals surface area (Å²) < 4.78 is 0. The molecule has 1 aliphatic rings. The van der Waals surface area contributed by atoms with Crippen molar-refractivity contribution in [2.24, 2.45) is 0 Å². The fraction of sp³-hybridized carbons (Fsp3) is 0.389. The summed E-state index contributed by atoms with van der Waals surface area (Å²) in [7, 11) is 0. The van der Waals surface area contributed by atoms with E-state index in [1.165, 1.54) is 6.92 Å². The Hall–Kier alpha value is -2.83. The molecule has 1 saturated heterocycles. The van der Waals surface area contributed by atoms with Gasteiger partial charge < -0.3 is 10.2 Å². The van der Waals surface area contributed by atoms with E-state index in [2.05, 4.69) is 20.3 Å². The molecule has 3 rings (SSSR count). The third-order valence-corrected chi connectivity index (χ3v) is 4.30. The van der Waals surface area contributed by atoms with Crippen molar-refractivity contribution in [1.29, 1.82) is 0 Å². The van der Waals surface area contributed by atoms with Crippen molar-refractivity contribution in [2.45, 2.75) is 39.3 Å². The topological polar surface area (TPSA) is 88.1 Å². The molecule has 2 amide bonds. The van der Waals surface area contributed by atoms with Gasteiger partial charge in [-0.05, 0) is 38.0 Å². The molecule has 1 fully saturated rings. The molecule has 3 heterocycles. The van der Waals surface area contributed by atoms with Crippen molar-refractivity contribution < 1.29 is 9.59 Å². The number of hydrogen-bond acceptors (Lipinski definition) is 5. The second-order valence-corrected chi connectivity index (χ2v) is 6.11. The van der Waals surface area contributed by atoms with Crippen LogP contribution in [0.1, 0.15) is 53.4 Å². The molecule has 0 radical (unpaired) electrons. The van der Waals surface area contributed by atoms with Crippen LogP contribution in [0.5, 0.6) is 0 Å². The first-order chi connectivity index (χ1) is 12.1. The molecule has 0 aromatic carbocycles. The molecule has 130 valence electrons. The molecule has 0 bridgehead atoms. The Bertz CT molecular complexity index is 793. The van der Waals surface area contributed by atoms with E-state index in [0.717, 1.165) is 24.2 Å². The van der Waals surface area contributed by atoms with Gasteiger partial charge in [-0.25, -0.2) is 9.97 Å². The van der Waals surface area contributed by atoms with E-state index < -0.39 is 0 Å².